The van der Waals surface area contributed by atoms with Crippen molar-refractivity contribution < 1.29 is 9.59 Å². The van der Waals surface area contributed by atoms with E-state index in [1.165, 1.54) is 11.3 Å². The molecule has 1 heterocycles. The molecule has 9 heteroatoms. The van der Waals surface area contributed by atoms with Crippen molar-refractivity contribution in [3.63, 3.8) is 0 Å². The Hall–Kier alpha value is -4.27. The summed E-state index contributed by atoms with van der Waals surface area (Å²) >= 11 is 7.31. The van der Waals surface area contributed by atoms with Gasteiger partial charge in [0.15, 0.2) is 0 Å². The van der Waals surface area contributed by atoms with Gasteiger partial charge >= 0.3 is 6.03 Å². The van der Waals surface area contributed by atoms with Crippen molar-refractivity contribution in [3.05, 3.63) is 108 Å². The van der Waals surface area contributed by atoms with Crippen molar-refractivity contribution in [1.29, 1.82) is 0 Å². The van der Waals surface area contributed by atoms with Gasteiger partial charge < -0.3 is 10.6 Å². The number of nitrogens with one attached hydrogen (secondary N) is 3. The predicted molar refractivity (Wildman–Crippen MR) is 149 cm³/mol. The third-order valence-corrected chi connectivity index (χ3v) is 6.79. The number of urea groups is 1. The van der Waals surface area contributed by atoms with Crippen LogP contribution in [-0.4, -0.2) is 28.2 Å². The van der Waals surface area contributed by atoms with Crippen LogP contribution in [0.1, 0.15) is 5.56 Å². The fraction of sp³-hybridized carbons (Fsp3) is 0.0714. The summed E-state index contributed by atoms with van der Waals surface area (Å²) in [5, 5.41) is 20.2. The van der Waals surface area contributed by atoms with E-state index in [1.54, 1.807) is 12.1 Å². The van der Waals surface area contributed by atoms with Crippen molar-refractivity contribution in [3.8, 4) is 10.6 Å². The van der Waals surface area contributed by atoms with Crippen LogP contribution in [0.25, 0.3) is 21.3 Å². The third kappa shape index (κ3) is 6.11. The average molecular weight is 528 g/mol. The first kappa shape index (κ1) is 24.4. The molecule has 4 aromatic carbocycles. The smallest absolute Gasteiger partial charge is 0.319 e. The molecule has 0 spiro atoms. The molecule has 0 saturated heterocycles. The fourth-order valence-corrected chi connectivity index (χ4v) is 4.85. The van der Waals surface area contributed by atoms with Crippen LogP contribution >= 0.6 is 22.9 Å². The summed E-state index contributed by atoms with van der Waals surface area (Å²) in [6.07, 6.45) is 0.301. The van der Waals surface area contributed by atoms with Gasteiger partial charge in [0, 0.05) is 22.4 Å². The molecular weight excluding hydrogens is 506 g/mol. The molecule has 5 rings (SSSR count). The molecule has 0 aliphatic rings. The number of amides is 3. The molecule has 0 aliphatic heterocycles. The van der Waals surface area contributed by atoms with Crippen LogP contribution in [-0.2, 0) is 11.2 Å². The largest absolute Gasteiger partial charge is 0.326 e. The van der Waals surface area contributed by atoms with Gasteiger partial charge in [-0.2, -0.15) is 0 Å². The molecule has 1 unspecified atom stereocenters. The van der Waals surface area contributed by atoms with Crippen molar-refractivity contribution in [2.24, 2.45) is 0 Å². The Morgan fingerprint density at radius 3 is 2.43 bits per heavy atom. The number of benzene rings is 4. The Morgan fingerprint density at radius 2 is 1.59 bits per heavy atom. The number of carbonyl (C=O) groups is 2. The number of anilines is 2. The topological polar surface area (TPSA) is 96.0 Å². The van der Waals surface area contributed by atoms with Crippen molar-refractivity contribution in [1.82, 2.24) is 15.5 Å². The molecule has 3 amide bonds. The summed E-state index contributed by atoms with van der Waals surface area (Å²) in [7, 11) is 0. The van der Waals surface area contributed by atoms with E-state index in [-0.39, 0.29) is 0 Å². The van der Waals surface area contributed by atoms with E-state index >= 15 is 0 Å². The van der Waals surface area contributed by atoms with Gasteiger partial charge in [0.05, 0.1) is 5.69 Å². The summed E-state index contributed by atoms with van der Waals surface area (Å²) in [6.45, 7) is 0. The molecule has 3 N–H and O–H groups in total. The first-order chi connectivity index (χ1) is 18.0. The maximum atomic E-state index is 13.3. The van der Waals surface area contributed by atoms with E-state index in [2.05, 4.69) is 26.1 Å². The second-order valence-corrected chi connectivity index (χ2v) is 9.69. The highest BCUT2D eigenvalue weighted by atomic mass is 35.5. The molecule has 0 saturated carbocycles. The number of rotatable bonds is 7. The zero-order valence-electron chi connectivity index (χ0n) is 19.5. The first-order valence-electron chi connectivity index (χ1n) is 11.5. The molecule has 1 atom stereocenters. The Balaban J connectivity index is 1.33. The molecule has 7 nitrogen and oxygen atoms in total. The van der Waals surface area contributed by atoms with E-state index in [9.17, 15) is 9.59 Å². The number of hydrogen-bond donors (Lipinski definition) is 3. The molecule has 5 aromatic rings. The summed E-state index contributed by atoms with van der Waals surface area (Å²) in [5.41, 5.74) is 2.37. The van der Waals surface area contributed by atoms with E-state index in [1.807, 2.05) is 84.9 Å². The van der Waals surface area contributed by atoms with Crippen LogP contribution < -0.4 is 16.0 Å². The van der Waals surface area contributed by atoms with Crippen molar-refractivity contribution in [2.75, 3.05) is 10.6 Å². The molecular formula is C28H22ClN5O2S. The van der Waals surface area contributed by atoms with Crippen LogP contribution in [0.5, 0.6) is 0 Å². The second kappa shape index (κ2) is 11.2. The van der Waals surface area contributed by atoms with Crippen LogP contribution in [0.15, 0.2) is 97.1 Å². The van der Waals surface area contributed by atoms with Gasteiger partial charge in [-0.3, -0.25) is 10.1 Å². The third-order valence-electron chi connectivity index (χ3n) is 5.67. The molecule has 0 fully saturated rings. The van der Waals surface area contributed by atoms with E-state index < -0.39 is 18.0 Å². The Labute approximate surface area is 222 Å². The predicted octanol–water partition coefficient (Wildman–Crippen LogP) is 6.38. The minimum absolute atomic E-state index is 0.301. The number of nitrogens with zero attached hydrogens (tertiary/aromatic N) is 2. The Bertz CT molecular complexity index is 1550. The maximum Gasteiger partial charge on any atom is 0.319 e. The number of aromatic nitrogens is 2. The van der Waals surface area contributed by atoms with Gasteiger partial charge in [0.25, 0.3) is 0 Å². The molecule has 0 radical (unpaired) electrons. The minimum Gasteiger partial charge on any atom is -0.326 e. The Morgan fingerprint density at radius 1 is 0.838 bits per heavy atom. The molecule has 1 aromatic heterocycles. The highest BCUT2D eigenvalue weighted by Gasteiger charge is 2.23. The lowest BCUT2D eigenvalue weighted by Crippen LogP contribution is -2.46. The van der Waals surface area contributed by atoms with Gasteiger partial charge in [0.1, 0.15) is 11.0 Å². The second-order valence-electron chi connectivity index (χ2n) is 8.28. The summed E-state index contributed by atoms with van der Waals surface area (Å²) < 4.78 is 0. The molecule has 37 heavy (non-hydrogen) atoms. The summed E-state index contributed by atoms with van der Waals surface area (Å²) in [6, 6.07) is 28.9. The van der Waals surface area contributed by atoms with Gasteiger partial charge in [-0.05, 0) is 29.1 Å². The van der Waals surface area contributed by atoms with Crippen molar-refractivity contribution in [2.45, 2.75) is 12.5 Å². The standard InChI is InChI=1S/C28H22ClN5O2S/c29-21-13-6-12-20(17-21)26-33-34-28(37-26)32-25(35)24(16-18-8-2-1-3-9-18)31-27(36)30-23-15-7-11-19-10-4-5-14-22(19)23/h1-15,17,24H,16H2,(H2,30,31,36)(H,32,34,35). The van der Waals surface area contributed by atoms with Gasteiger partial charge in [0.2, 0.25) is 11.0 Å². The fourth-order valence-electron chi connectivity index (χ4n) is 3.91. The zero-order valence-corrected chi connectivity index (χ0v) is 21.1. The lowest BCUT2D eigenvalue weighted by molar-refractivity contribution is -0.117. The highest BCUT2D eigenvalue weighted by Crippen LogP contribution is 2.28. The molecule has 0 aliphatic carbocycles. The van der Waals surface area contributed by atoms with Gasteiger partial charge in [-0.1, -0.05) is 102 Å². The maximum absolute atomic E-state index is 13.3. The zero-order chi connectivity index (χ0) is 25.6. The van der Waals surface area contributed by atoms with Crippen LogP contribution in [0.3, 0.4) is 0 Å². The number of fused-ring (bicyclic) bond motifs is 1. The number of carbonyl (C=O) groups excluding carboxylic acids is 2. The normalized spacial score (nSPS) is 11.6. The van der Waals surface area contributed by atoms with E-state index in [0.717, 1.165) is 21.9 Å². The highest BCUT2D eigenvalue weighted by molar-refractivity contribution is 7.18. The van der Waals surface area contributed by atoms with Crippen LogP contribution in [0, 0.1) is 0 Å². The Kier molecular flexibility index (Phi) is 7.39. The van der Waals surface area contributed by atoms with Crippen molar-refractivity contribution >= 4 is 56.5 Å². The van der Waals surface area contributed by atoms with Crippen LogP contribution in [0.2, 0.25) is 5.02 Å². The average Bonchev–Trinajstić information content (AvgIpc) is 3.38. The number of hydrogen-bond acceptors (Lipinski definition) is 5. The summed E-state index contributed by atoms with van der Waals surface area (Å²) in [5.74, 6) is -0.397. The van der Waals surface area contributed by atoms with E-state index in [4.69, 9.17) is 11.6 Å². The van der Waals surface area contributed by atoms with Gasteiger partial charge in [-0.25, -0.2) is 4.79 Å². The minimum atomic E-state index is -0.851. The number of halogens is 1. The quantitative estimate of drug-likeness (QED) is 0.229. The van der Waals surface area contributed by atoms with Gasteiger partial charge in [-0.15, -0.1) is 10.2 Å². The van der Waals surface area contributed by atoms with Crippen LogP contribution in [0.4, 0.5) is 15.6 Å². The SMILES string of the molecule is O=C(Nc1cccc2ccccc12)NC(Cc1ccccc1)C(=O)Nc1nnc(-c2cccc(Cl)c2)s1. The van der Waals surface area contributed by atoms with E-state index in [0.29, 0.717) is 27.3 Å². The summed E-state index contributed by atoms with van der Waals surface area (Å²) in [4.78, 5) is 26.3. The lowest BCUT2D eigenvalue weighted by Gasteiger charge is -2.19. The molecule has 0 bridgehead atoms. The monoisotopic (exact) mass is 527 g/mol. The first-order valence-corrected chi connectivity index (χ1v) is 12.7. The molecule has 184 valence electrons. The lowest BCUT2D eigenvalue weighted by atomic mass is 10.1.